The molecule has 0 aromatic rings. The van der Waals surface area contributed by atoms with Crippen LogP contribution in [0.25, 0.3) is 0 Å². The van der Waals surface area contributed by atoms with Crippen LogP contribution >= 0.6 is 0 Å². The molecule has 1 heterocycles. The third kappa shape index (κ3) is 4.29. The predicted octanol–water partition coefficient (Wildman–Crippen LogP) is 1.12. The van der Waals surface area contributed by atoms with E-state index in [4.69, 9.17) is 9.84 Å². The number of likely N-dealkylation sites (tertiary alicyclic amines) is 1. The fourth-order valence-electron chi connectivity index (χ4n) is 1.61. The first-order valence-corrected chi connectivity index (χ1v) is 5.18. The van der Waals surface area contributed by atoms with E-state index in [9.17, 15) is 9.59 Å². The zero-order valence-electron chi connectivity index (χ0n) is 8.94. The Labute approximate surface area is 89.0 Å². The number of amides is 1. The molecule has 86 valence electrons. The largest absolute Gasteiger partial charge is 0.465 e. The van der Waals surface area contributed by atoms with Crippen molar-refractivity contribution in [2.45, 2.75) is 32.3 Å². The SMILES string of the molecule is CC(=O)CCCOC1CCN(C(=O)O)C1. The van der Waals surface area contributed by atoms with Gasteiger partial charge in [0, 0.05) is 19.6 Å². The van der Waals surface area contributed by atoms with Gasteiger partial charge in [0.25, 0.3) is 0 Å². The predicted molar refractivity (Wildman–Crippen MR) is 53.9 cm³/mol. The van der Waals surface area contributed by atoms with Gasteiger partial charge in [0.15, 0.2) is 0 Å². The Hall–Kier alpha value is -1.10. The van der Waals surface area contributed by atoms with Gasteiger partial charge in [0.1, 0.15) is 5.78 Å². The first-order valence-electron chi connectivity index (χ1n) is 5.18. The summed E-state index contributed by atoms with van der Waals surface area (Å²) >= 11 is 0. The van der Waals surface area contributed by atoms with Crippen LogP contribution in [0.5, 0.6) is 0 Å². The molecular weight excluding hydrogens is 198 g/mol. The van der Waals surface area contributed by atoms with E-state index in [-0.39, 0.29) is 11.9 Å². The third-order valence-corrected chi connectivity index (χ3v) is 2.44. The molecule has 1 rings (SSSR count). The van der Waals surface area contributed by atoms with Gasteiger partial charge in [-0.15, -0.1) is 0 Å². The van der Waals surface area contributed by atoms with E-state index in [1.165, 1.54) is 4.90 Å². The van der Waals surface area contributed by atoms with Gasteiger partial charge in [0.05, 0.1) is 12.6 Å². The number of rotatable bonds is 5. The van der Waals surface area contributed by atoms with Crippen molar-refractivity contribution >= 4 is 11.9 Å². The zero-order valence-corrected chi connectivity index (χ0v) is 8.94. The minimum absolute atomic E-state index is 0.00746. The Kier molecular flexibility index (Phi) is 4.55. The van der Waals surface area contributed by atoms with E-state index >= 15 is 0 Å². The standard InChI is InChI=1S/C10H17NO4/c1-8(12)3-2-6-15-9-4-5-11(7-9)10(13)14/h9H,2-7H2,1H3,(H,13,14). The maximum Gasteiger partial charge on any atom is 0.407 e. The molecule has 0 aromatic carbocycles. The van der Waals surface area contributed by atoms with Crippen LogP contribution in [0.4, 0.5) is 4.79 Å². The van der Waals surface area contributed by atoms with Crippen LogP contribution < -0.4 is 0 Å². The van der Waals surface area contributed by atoms with Crippen molar-refractivity contribution in [3.8, 4) is 0 Å². The van der Waals surface area contributed by atoms with Crippen molar-refractivity contribution in [1.82, 2.24) is 4.90 Å². The van der Waals surface area contributed by atoms with E-state index in [1.54, 1.807) is 6.92 Å². The molecule has 5 nitrogen and oxygen atoms in total. The normalized spacial score (nSPS) is 20.6. The first kappa shape index (κ1) is 12.0. The Morgan fingerprint density at radius 3 is 2.80 bits per heavy atom. The van der Waals surface area contributed by atoms with Gasteiger partial charge < -0.3 is 19.5 Å². The minimum atomic E-state index is -0.884. The second-order valence-electron chi connectivity index (χ2n) is 3.82. The van der Waals surface area contributed by atoms with Crippen LogP contribution in [0, 0.1) is 0 Å². The first-order chi connectivity index (χ1) is 7.09. The second-order valence-corrected chi connectivity index (χ2v) is 3.82. The number of Topliss-reactive ketones (excluding diaryl/α,β-unsaturated/α-hetero) is 1. The molecule has 1 amide bonds. The van der Waals surface area contributed by atoms with Crippen LogP contribution in [-0.2, 0) is 9.53 Å². The van der Waals surface area contributed by atoms with Crippen LogP contribution in [-0.4, -0.2) is 47.7 Å². The maximum absolute atomic E-state index is 10.6. The summed E-state index contributed by atoms with van der Waals surface area (Å²) in [4.78, 5) is 22.6. The van der Waals surface area contributed by atoms with Crippen LogP contribution in [0.15, 0.2) is 0 Å². The minimum Gasteiger partial charge on any atom is -0.465 e. The molecule has 0 saturated carbocycles. The highest BCUT2D eigenvalue weighted by Crippen LogP contribution is 2.12. The number of carboxylic acid groups (broad SMARTS) is 1. The summed E-state index contributed by atoms with van der Waals surface area (Å²) in [5, 5.41) is 8.70. The van der Waals surface area contributed by atoms with Gasteiger partial charge in [-0.05, 0) is 19.8 Å². The van der Waals surface area contributed by atoms with Crippen LogP contribution in [0.1, 0.15) is 26.2 Å². The Balaban J connectivity index is 2.09. The Morgan fingerprint density at radius 2 is 2.27 bits per heavy atom. The number of ether oxygens (including phenoxy) is 1. The van der Waals surface area contributed by atoms with Gasteiger partial charge >= 0.3 is 6.09 Å². The van der Waals surface area contributed by atoms with Gasteiger partial charge in [-0.2, -0.15) is 0 Å². The van der Waals surface area contributed by atoms with Crippen molar-refractivity contribution in [2.24, 2.45) is 0 Å². The van der Waals surface area contributed by atoms with Crippen molar-refractivity contribution in [1.29, 1.82) is 0 Å². The molecule has 0 bridgehead atoms. The van der Waals surface area contributed by atoms with Gasteiger partial charge in [0.2, 0.25) is 0 Å². The number of carbonyl (C=O) groups excluding carboxylic acids is 1. The quantitative estimate of drug-likeness (QED) is 0.698. The maximum atomic E-state index is 10.6. The fourth-order valence-corrected chi connectivity index (χ4v) is 1.61. The third-order valence-electron chi connectivity index (χ3n) is 2.44. The molecular formula is C10H17NO4. The molecule has 1 aliphatic rings. The second kappa shape index (κ2) is 5.70. The average Bonchev–Trinajstić information content (AvgIpc) is 2.60. The molecule has 1 aliphatic heterocycles. The van der Waals surface area contributed by atoms with Gasteiger partial charge in [-0.3, -0.25) is 0 Å². The molecule has 1 unspecified atom stereocenters. The summed E-state index contributed by atoms with van der Waals surface area (Å²) in [5.74, 6) is 0.164. The molecule has 0 spiro atoms. The number of ketones is 1. The highest BCUT2D eigenvalue weighted by Gasteiger charge is 2.25. The highest BCUT2D eigenvalue weighted by molar-refractivity contribution is 5.75. The zero-order chi connectivity index (χ0) is 11.3. The molecule has 1 fully saturated rings. The summed E-state index contributed by atoms with van der Waals surface area (Å²) in [5.41, 5.74) is 0. The van der Waals surface area contributed by atoms with Crippen molar-refractivity contribution < 1.29 is 19.4 Å². The number of carbonyl (C=O) groups is 2. The number of nitrogens with zero attached hydrogens (tertiary/aromatic N) is 1. The lowest BCUT2D eigenvalue weighted by atomic mass is 10.2. The molecule has 1 atom stereocenters. The molecule has 0 aliphatic carbocycles. The summed E-state index contributed by atoms with van der Waals surface area (Å²) in [6.45, 7) is 3.10. The van der Waals surface area contributed by atoms with Crippen molar-refractivity contribution in [3.63, 3.8) is 0 Å². The number of hydrogen-bond donors (Lipinski definition) is 1. The summed E-state index contributed by atoms with van der Waals surface area (Å²) in [7, 11) is 0. The monoisotopic (exact) mass is 215 g/mol. The smallest absolute Gasteiger partial charge is 0.407 e. The van der Waals surface area contributed by atoms with Gasteiger partial charge in [-0.1, -0.05) is 0 Å². The molecule has 1 saturated heterocycles. The summed E-state index contributed by atoms with van der Waals surface area (Å²) in [6.07, 6.45) is 1.14. The van der Waals surface area contributed by atoms with Crippen molar-refractivity contribution in [2.75, 3.05) is 19.7 Å². The molecule has 0 radical (unpaired) electrons. The topological polar surface area (TPSA) is 66.8 Å². The lowest BCUT2D eigenvalue weighted by Gasteiger charge is -2.12. The number of hydrogen-bond acceptors (Lipinski definition) is 3. The van der Waals surface area contributed by atoms with Crippen LogP contribution in [0.2, 0.25) is 0 Å². The fraction of sp³-hybridized carbons (Fsp3) is 0.800. The summed E-state index contributed by atoms with van der Waals surface area (Å²) < 4.78 is 5.48. The summed E-state index contributed by atoms with van der Waals surface area (Å²) in [6, 6.07) is 0. The lowest BCUT2D eigenvalue weighted by molar-refractivity contribution is -0.117. The van der Waals surface area contributed by atoms with E-state index in [0.717, 1.165) is 12.8 Å². The molecule has 1 N–H and O–H groups in total. The molecule has 5 heteroatoms. The Morgan fingerprint density at radius 1 is 1.53 bits per heavy atom. The molecule has 15 heavy (non-hydrogen) atoms. The molecule has 0 aromatic heterocycles. The lowest BCUT2D eigenvalue weighted by Crippen LogP contribution is -2.28. The highest BCUT2D eigenvalue weighted by atomic mass is 16.5. The average molecular weight is 215 g/mol. The van der Waals surface area contributed by atoms with Crippen LogP contribution in [0.3, 0.4) is 0 Å². The van der Waals surface area contributed by atoms with Crippen molar-refractivity contribution in [3.05, 3.63) is 0 Å². The van der Waals surface area contributed by atoms with E-state index in [1.807, 2.05) is 0 Å². The van der Waals surface area contributed by atoms with E-state index in [2.05, 4.69) is 0 Å². The van der Waals surface area contributed by atoms with E-state index < -0.39 is 6.09 Å². The van der Waals surface area contributed by atoms with Gasteiger partial charge in [-0.25, -0.2) is 4.79 Å². The van der Waals surface area contributed by atoms with E-state index in [0.29, 0.717) is 26.1 Å². The Bertz CT molecular complexity index is 242.